The van der Waals surface area contributed by atoms with Crippen LogP contribution in [0.25, 0.3) is 17.3 Å². The molecule has 3 heterocycles. The van der Waals surface area contributed by atoms with Gasteiger partial charge in [-0.05, 0) is 73.4 Å². The van der Waals surface area contributed by atoms with Gasteiger partial charge in [0.25, 0.3) is 5.72 Å². The number of imidazole rings is 1. The van der Waals surface area contributed by atoms with Gasteiger partial charge in [-0.2, -0.15) is 0 Å². The molecule has 1 saturated heterocycles. The van der Waals surface area contributed by atoms with E-state index in [0.717, 1.165) is 46.8 Å². The third kappa shape index (κ3) is 3.54. The second kappa shape index (κ2) is 8.61. The third-order valence-corrected chi connectivity index (χ3v) is 6.66. The van der Waals surface area contributed by atoms with Crippen LogP contribution in [0.3, 0.4) is 0 Å². The third-order valence-electron chi connectivity index (χ3n) is 6.66. The highest BCUT2D eigenvalue weighted by atomic mass is 19.1. The van der Waals surface area contributed by atoms with E-state index in [9.17, 15) is 9.50 Å². The molecule has 0 radical (unpaired) electrons. The van der Waals surface area contributed by atoms with E-state index >= 15 is 0 Å². The minimum atomic E-state index is -1.15. The van der Waals surface area contributed by atoms with Gasteiger partial charge >= 0.3 is 0 Å². The Labute approximate surface area is 197 Å². The summed E-state index contributed by atoms with van der Waals surface area (Å²) in [4.78, 5) is 12.2. The van der Waals surface area contributed by atoms with Crippen molar-refractivity contribution in [2.24, 2.45) is 12.2 Å². The molecule has 0 saturated carbocycles. The van der Waals surface area contributed by atoms with Crippen LogP contribution in [0, 0.1) is 12.7 Å². The lowest BCUT2D eigenvalue weighted by Crippen LogP contribution is -2.51. The van der Waals surface area contributed by atoms with Crippen LogP contribution in [0.4, 0.5) is 4.39 Å². The van der Waals surface area contributed by atoms with Crippen LogP contribution in [-0.4, -0.2) is 45.7 Å². The normalized spacial score (nSPS) is 20.8. The molecule has 1 unspecified atom stereocenters. The quantitative estimate of drug-likeness (QED) is 0.615. The van der Waals surface area contributed by atoms with Crippen LogP contribution in [0.15, 0.2) is 59.4 Å². The van der Waals surface area contributed by atoms with E-state index in [2.05, 4.69) is 16.2 Å². The Morgan fingerprint density at radius 1 is 1.24 bits per heavy atom. The number of methoxy groups -OCH3 is 1. The molecule has 2 aliphatic heterocycles. The van der Waals surface area contributed by atoms with E-state index in [-0.39, 0.29) is 12.4 Å². The molecule has 1 atom stereocenters. The first kappa shape index (κ1) is 22.2. The Morgan fingerprint density at radius 2 is 2.03 bits per heavy atom. The molecule has 0 amide bonds. The van der Waals surface area contributed by atoms with Crippen LogP contribution < -0.4 is 4.74 Å². The standard InChI is InChI=1S/C26H27FN4O3/c1-17-28-15-23(30(17)2)22-11-6-18(14-24(22)33-3)13-19-5-4-12-31-25(19)29-34-26(31,16-32)20-7-9-21(27)10-8-20/h6-11,13-15,32H,4-5,12,16H2,1-3H3. The number of nitrogens with zero attached hydrogens (tertiary/aromatic N) is 4. The number of hydrogen-bond acceptors (Lipinski definition) is 6. The second-order valence-electron chi connectivity index (χ2n) is 8.59. The van der Waals surface area contributed by atoms with Crippen LogP contribution in [0.2, 0.25) is 0 Å². The van der Waals surface area contributed by atoms with Gasteiger partial charge in [0, 0.05) is 24.7 Å². The van der Waals surface area contributed by atoms with Gasteiger partial charge in [-0.25, -0.2) is 9.37 Å². The number of halogens is 1. The van der Waals surface area contributed by atoms with Crippen molar-refractivity contribution >= 4 is 11.9 Å². The van der Waals surface area contributed by atoms with Crippen LogP contribution >= 0.6 is 0 Å². The SMILES string of the molecule is COc1cc(C=C2CCCN3C2=NOC3(CO)c2ccc(F)cc2)ccc1-c1cnc(C)n1C. The molecule has 2 aromatic carbocycles. The molecule has 0 bridgehead atoms. The number of aliphatic hydroxyl groups excluding tert-OH is 1. The molecule has 1 aromatic heterocycles. The van der Waals surface area contributed by atoms with Crippen molar-refractivity contribution < 1.29 is 19.1 Å². The molecule has 5 rings (SSSR count). The summed E-state index contributed by atoms with van der Waals surface area (Å²) in [5, 5.41) is 14.7. The maximum atomic E-state index is 13.5. The minimum absolute atomic E-state index is 0.300. The molecule has 8 heteroatoms. The van der Waals surface area contributed by atoms with Gasteiger partial charge in [0.15, 0.2) is 5.84 Å². The van der Waals surface area contributed by atoms with Crippen LogP contribution in [0.5, 0.6) is 5.75 Å². The number of aromatic nitrogens is 2. The Morgan fingerprint density at radius 3 is 2.71 bits per heavy atom. The first-order chi connectivity index (χ1) is 16.5. The average molecular weight is 463 g/mol. The summed E-state index contributed by atoms with van der Waals surface area (Å²) < 4.78 is 21.2. The summed E-state index contributed by atoms with van der Waals surface area (Å²) in [7, 11) is 3.64. The number of ether oxygens (including phenoxy) is 1. The number of benzene rings is 2. The van der Waals surface area contributed by atoms with E-state index in [1.54, 1.807) is 19.2 Å². The van der Waals surface area contributed by atoms with Gasteiger partial charge in [-0.1, -0.05) is 11.2 Å². The number of amidine groups is 1. The molecule has 0 aliphatic carbocycles. The maximum absolute atomic E-state index is 13.5. The van der Waals surface area contributed by atoms with Gasteiger partial charge in [0.2, 0.25) is 0 Å². The number of rotatable bonds is 5. The fraction of sp³-hybridized carbons (Fsp3) is 0.308. The van der Waals surface area contributed by atoms with E-state index < -0.39 is 5.72 Å². The highest BCUT2D eigenvalue weighted by Gasteiger charge is 2.49. The van der Waals surface area contributed by atoms with Crippen molar-refractivity contribution in [3.05, 3.63) is 77.0 Å². The zero-order chi connectivity index (χ0) is 23.9. The Kier molecular flexibility index (Phi) is 5.61. The Bertz CT molecular complexity index is 1280. The Balaban J connectivity index is 1.48. The van der Waals surface area contributed by atoms with Crippen molar-refractivity contribution in [1.29, 1.82) is 0 Å². The van der Waals surface area contributed by atoms with Gasteiger partial charge in [0.05, 0.1) is 19.0 Å². The lowest BCUT2D eigenvalue weighted by molar-refractivity contribution is -0.137. The molecule has 0 spiro atoms. The lowest BCUT2D eigenvalue weighted by Gasteiger charge is -2.38. The number of piperidine rings is 1. The van der Waals surface area contributed by atoms with E-state index in [4.69, 9.17) is 9.57 Å². The molecule has 34 heavy (non-hydrogen) atoms. The molecule has 176 valence electrons. The highest BCUT2D eigenvalue weighted by molar-refractivity contribution is 6.03. The van der Waals surface area contributed by atoms with Crippen molar-refractivity contribution in [2.45, 2.75) is 25.5 Å². The first-order valence-electron chi connectivity index (χ1n) is 11.3. The fourth-order valence-electron chi connectivity index (χ4n) is 4.67. The number of hydrogen-bond donors (Lipinski definition) is 1. The smallest absolute Gasteiger partial charge is 0.260 e. The van der Waals surface area contributed by atoms with E-state index in [1.807, 2.05) is 47.8 Å². The van der Waals surface area contributed by atoms with Gasteiger partial charge in [-0.3, -0.25) is 0 Å². The summed E-state index contributed by atoms with van der Waals surface area (Å²) in [6.07, 6.45) is 5.63. The van der Waals surface area contributed by atoms with Gasteiger partial charge in [-0.15, -0.1) is 0 Å². The van der Waals surface area contributed by atoms with Crippen molar-refractivity contribution in [3.63, 3.8) is 0 Å². The molecular formula is C26H27FN4O3. The summed E-state index contributed by atoms with van der Waals surface area (Å²) in [6, 6.07) is 12.1. The van der Waals surface area contributed by atoms with Crippen LogP contribution in [-0.2, 0) is 17.6 Å². The first-order valence-corrected chi connectivity index (χ1v) is 11.3. The number of aryl methyl sites for hydroxylation is 1. The molecule has 1 N–H and O–H groups in total. The number of oxime groups is 1. The number of aliphatic hydroxyl groups is 1. The topological polar surface area (TPSA) is 72.1 Å². The monoisotopic (exact) mass is 462 g/mol. The summed E-state index contributed by atoms with van der Waals surface area (Å²) in [5.41, 5.74) is 3.45. The predicted octanol–water partition coefficient (Wildman–Crippen LogP) is 4.21. The molecule has 2 aliphatic rings. The zero-order valence-electron chi connectivity index (χ0n) is 19.5. The zero-order valence-corrected chi connectivity index (χ0v) is 19.5. The lowest BCUT2D eigenvalue weighted by atomic mass is 9.94. The van der Waals surface area contributed by atoms with E-state index in [0.29, 0.717) is 17.9 Å². The van der Waals surface area contributed by atoms with E-state index in [1.165, 1.54) is 12.1 Å². The van der Waals surface area contributed by atoms with Crippen molar-refractivity contribution in [1.82, 2.24) is 14.5 Å². The Hall–Kier alpha value is -3.65. The van der Waals surface area contributed by atoms with Gasteiger partial charge in [0.1, 0.15) is 24.0 Å². The highest BCUT2D eigenvalue weighted by Crippen LogP contribution is 2.40. The largest absolute Gasteiger partial charge is 0.496 e. The van der Waals surface area contributed by atoms with Crippen molar-refractivity contribution in [3.8, 4) is 17.0 Å². The summed E-state index contributed by atoms with van der Waals surface area (Å²) in [6.45, 7) is 2.34. The average Bonchev–Trinajstić information content (AvgIpc) is 3.41. The summed E-state index contributed by atoms with van der Waals surface area (Å²) in [5.74, 6) is 2.03. The van der Waals surface area contributed by atoms with Crippen LogP contribution in [0.1, 0.15) is 29.8 Å². The second-order valence-corrected chi connectivity index (χ2v) is 8.59. The number of fused-ring (bicyclic) bond motifs is 1. The summed E-state index contributed by atoms with van der Waals surface area (Å²) >= 11 is 0. The maximum Gasteiger partial charge on any atom is 0.260 e. The van der Waals surface area contributed by atoms with Gasteiger partial charge < -0.3 is 24.1 Å². The fourth-order valence-corrected chi connectivity index (χ4v) is 4.67. The van der Waals surface area contributed by atoms with Crippen molar-refractivity contribution in [2.75, 3.05) is 20.3 Å². The minimum Gasteiger partial charge on any atom is -0.496 e. The molecular weight excluding hydrogens is 435 g/mol. The molecule has 7 nitrogen and oxygen atoms in total. The predicted molar refractivity (Wildman–Crippen MR) is 128 cm³/mol. The molecule has 3 aromatic rings. The molecule has 1 fully saturated rings.